The Bertz CT molecular complexity index is 552. The maximum Gasteiger partial charge on any atom is 0.307 e. The second-order valence-electron chi connectivity index (χ2n) is 5.51. The highest BCUT2D eigenvalue weighted by Crippen LogP contribution is 2.42. The van der Waals surface area contributed by atoms with Gasteiger partial charge in [0.1, 0.15) is 0 Å². The van der Waals surface area contributed by atoms with Gasteiger partial charge in [0.25, 0.3) is 0 Å². The van der Waals surface area contributed by atoms with E-state index >= 15 is 0 Å². The molecule has 1 aliphatic carbocycles. The third-order valence-electron chi connectivity index (χ3n) is 4.05. The van der Waals surface area contributed by atoms with Crippen molar-refractivity contribution in [3.8, 4) is 0 Å². The quantitative estimate of drug-likeness (QED) is 0.883. The lowest BCUT2D eigenvalue weighted by Crippen LogP contribution is -2.37. The number of aliphatic carboxylic acids is 1. The standard InChI is InChI=1S/C15H17NO3/c1-9-4-5-10-3-2-6-16(13(10)7-9)14(17)11-8-12(11)15(18)19/h4-5,7,11-12H,2-3,6,8H2,1H3,(H,18,19). The summed E-state index contributed by atoms with van der Waals surface area (Å²) in [4.78, 5) is 25.1. The van der Waals surface area contributed by atoms with Crippen LogP contribution in [0.3, 0.4) is 0 Å². The zero-order valence-electron chi connectivity index (χ0n) is 10.9. The molecule has 2 atom stereocenters. The Kier molecular flexibility index (Phi) is 2.81. The summed E-state index contributed by atoms with van der Waals surface area (Å²) in [6.45, 7) is 2.72. The molecule has 1 heterocycles. The van der Waals surface area contributed by atoms with Gasteiger partial charge in [-0.2, -0.15) is 0 Å². The lowest BCUT2D eigenvalue weighted by atomic mass is 9.99. The SMILES string of the molecule is Cc1ccc2c(c1)N(C(=O)C1CC1C(=O)O)CCC2. The number of nitrogens with zero attached hydrogens (tertiary/aromatic N) is 1. The maximum absolute atomic E-state index is 12.4. The first-order valence-corrected chi connectivity index (χ1v) is 6.71. The minimum absolute atomic E-state index is 0.0149. The van der Waals surface area contributed by atoms with Crippen molar-refractivity contribution in [2.45, 2.75) is 26.2 Å². The van der Waals surface area contributed by atoms with E-state index in [9.17, 15) is 9.59 Å². The summed E-state index contributed by atoms with van der Waals surface area (Å²) in [5.74, 6) is -1.65. The van der Waals surface area contributed by atoms with Gasteiger partial charge in [-0.25, -0.2) is 0 Å². The van der Waals surface area contributed by atoms with Crippen LogP contribution in [-0.4, -0.2) is 23.5 Å². The number of carbonyl (C=O) groups excluding carboxylic acids is 1. The van der Waals surface area contributed by atoms with Gasteiger partial charge in [0.15, 0.2) is 0 Å². The van der Waals surface area contributed by atoms with Crippen LogP contribution in [0.4, 0.5) is 5.69 Å². The molecule has 100 valence electrons. The Morgan fingerprint density at radius 3 is 2.79 bits per heavy atom. The molecule has 0 aromatic heterocycles. The lowest BCUT2D eigenvalue weighted by molar-refractivity contribution is -0.140. The molecule has 0 bridgehead atoms. The summed E-state index contributed by atoms with van der Waals surface area (Å²) in [6, 6.07) is 6.17. The molecule has 1 N–H and O–H groups in total. The smallest absolute Gasteiger partial charge is 0.307 e. The van der Waals surface area contributed by atoms with Crippen molar-refractivity contribution in [1.29, 1.82) is 0 Å². The largest absolute Gasteiger partial charge is 0.481 e. The van der Waals surface area contributed by atoms with Gasteiger partial charge in [-0.15, -0.1) is 0 Å². The molecule has 4 nitrogen and oxygen atoms in total. The highest BCUT2D eigenvalue weighted by atomic mass is 16.4. The zero-order valence-corrected chi connectivity index (χ0v) is 10.9. The maximum atomic E-state index is 12.4. The second-order valence-corrected chi connectivity index (χ2v) is 5.51. The summed E-state index contributed by atoms with van der Waals surface area (Å²) in [5.41, 5.74) is 3.30. The van der Waals surface area contributed by atoms with Gasteiger partial charge >= 0.3 is 5.97 Å². The van der Waals surface area contributed by atoms with E-state index < -0.39 is 11.9 Å². The van der Waals surface area contributed by atoms with Gasteiger partial charge in [0, 0.05) is 12.2 Å². The number of anilines is 1. The summed E-state index contributed by atoms with van der Waals surface area (Å²) in [6.07, 6.45) is 2.44. The Morgan fingerprint density at radius 1 is 1.32 bits per heavy atom. The molecule has 0 radical (unpaired) electrons. The molecular weight excluding hydrogens is 242 g/mol. The van der Waals surface area contributed by atoms with E-state index in [-0.39, 0.29) is 11.8 Å². The summed E-state index contributed by atoms with van der Waals surface area (Å²) in [7, 11) is 0. The van der Waals surface area contributed by atoms with E-state index in [1.807, 2.05) is 13.0 Å². The predicted octanol–water partition coefficient (Wildman–Crippen LogP) is 1.99. The molecule has 19 heavy (non-hydrogen) atoms. The van der Waals surface area contributed by atoms with Crippen LogP contribution in [0.25, 0.3) is 0 Å². The molecule has 3 rings (SSSR count). The number of hydrogen-bond donors (Lipinski definition) is 1. The predicted molar refractivity (Wildman–Crippen MR) is 71.1 cm³/mol. The van der Waals surface area contributed by atoms with Crippen LogP contribution in [0.5, 0.6) is 0 Å². The van der Waals surface area contributed by atoms with Crippen molar-refractivity contribution in [3.05, 3.63) is 29.3 Å². The normalized spacial score (nSPS) is 24.8. The Morgan fingerprint density at radius 2 is 2.11 bits per heavy atom. The zero-order chi connectivity index (χ0) is 13.6. The number of carbonyl (C=O) groups is 2. The molecule has 1 aromatic rings. The molecule has 1 amide bonds. The lowest BCUT2D eigenvalue weighted by Gasteiger charge is -2.30. The molecular formula is C15H17NO3. The van der Waals surface area contributed by atoms with Crippen molar-refractivity contribution < 1.29 is 14.7 Å². The minimum atomic E-state index is -0.847. The average molecular weight is 259 g/mol. The van der Waals surface area contributed by atoms with Crippen LogP contribution in [0.15, 0.2) is 18.2 Å². The average Bonchev–Trinajstić information content (AvgIpc) is 3.17. The van der Waals surface area contributed by atoms with Gasteiger partial charge in [-0.05, 0) is 43.4 Å². The Balaban J connectivity index is 1.86. The number of rotatable bonds is 2. The van der Waals surface area contributed by atoms with Crippen molar-refractivity contribution in [1.82, 2.24) is 0 Å². The summed E-state index contributed by atoms with van der Waals surface area (Å²) in [5, 5.41) is 8.94. The number of amides is 1. The molecule has 1 fully saturated rings. The first kappa shape index (κ1) is 12.2. The molecule has 2 aliphatic rings. The number of hydrogen-bond acceptors (Lipinski definition) is 2. The van der Waals surface area contributed by atoms with E-state index in [4.69, 9.17) is 5.11 Å². The number of fused-ring (bicyclic) bond motifs is 1. The molecule has 1 aromatic carbocycles. The first-order chi connectivity index (χ1) is 9.08. The highest BCUT2D eigenvalue weighted by molar-refractivity contribution is 6.00. The fourth-order valence-electron chi connectivity index (χ4n) is 2.85. The van der Waals surface area contributed by atoms with Gasteiger partial charge < -0.3 is 10.0 Å². The fourth-order valence-corrected chi connectivity index (χ4v) is 2.85. The van der Waals surface area contributed by atoms with Crippen molar-refractivity contribution in [3.63, 3.8) is 0 Å². The third-order valence-corrected chi connectivity index (χ3v) is 4.05. The second kappa shape index (κ2) is 4.37. The minimum Gasteiger partial charge on any atom is -0.481 e. The van der Waals surface area contributed by atoms with Crippen LogP contribution in [0.1, 0.15) is 24.0 Å². The fraction of sp³-hybridized carbons (Fsp3) is 0.467. The number of carboxylic acids is 1. The molecule has 0 saturated heterocycles. The monoisotopic (exact) mass is 259 g/mol. The Labute approximate surface area is 112 Å². The number of carboxylic acid groups (broad SMARTS) is 1. The Hall–Kier alpha value is -1.84. The summed E-state index contributed by atoms with van der Waals surface area (Å²) >= 11 is 0. The van der Waals surface area contributed by atoms with Gasteiger partial charge in [-0.1, -0.05) is 12.1 Å². The third kappa shape index (κ3) is 2.11. The van der Waals surface area contributed by atoms with Crippen LogP contribution in [0, 0.1) is 18.8 Å². The highest BCUT2D eigenvalue weighted by Gasteiger charge is 2.50. The number of aryl methyl sites for hydroxylation is 2. The van der Waals surface area contributed by atoms with Gasteiger partial charge in [-0.3, -0.25) is 9.59 Å². The van der Waals surface area contributed by atoms with E-state index in [2.05, 4.69) is 12.1 Å². The van der Waals surface area contributed by atoms with E-state index in [1.54, 1.807) is 4.90 Å². The molecule has 2 unspecified atom stereocenters. The van der Waals surface area contributed by atoms with Gasteiger partial charge in [0.05, 0.1) is 11.8 Å². The van der Waals surface area contributed by atoms with Gasteiger partial charge in [0.2, 0.25) is 5.91 Å². The van der Waals surface area contributed by atoms with Crippen molar-refractivity contribution in [2.75, 3.05) is 11.4 Å². The van der Waals surface area contributed by atoms with E-state index in [0.717, 1.165) is 24.1 Å². The first-order valence-electron chi connectivity index (χ1n) is 6.71. The van der Waals surface area contributed by atoms with Crippen molar-refractivity contribution >= 4 is 17.6 Å². The van der Waals surface area contributed by atoms with Crippen LogP contribution >= 0.6 is 0 Å². The molecule has 1 saturated carbocycles. The van der Waals surface area contributed by atoms with Crippen LogP contribution in [-0.2, 0) is 16.0 Å². The van der Waals surface area contributed by atoms with Crippen LogP contribution in [0.2, 0.25) is 0 Å². The molecule has 1 aliphatic heterocycles. The van der Waals surface area contributed by atoms with E-state index in [1.165, 1.54) is 5.56 Å². The van der Waals surface area contributed by atoms with Crippen LogP contribution < -0.4 is 4.90 Å². The van der Waals surface area contributed by atoms with E-state index in [0.29, 0.717) is 13.0 Å². The van der Waals surface area contributed by atoms with Crippen molar-refractivity contribution in [2.24, 2.45) is 11.8 Å². The topological polar surface area (TPSA) is 57.6 Å². The number of benzene rings is 1. The molecule has 4 heteroatoms. The summed E-state index contributed by atoms with van der Waals surface area (Å²) < 4.78 is 0. The molecule has 0 spiro atoms.